The Hall–Kier alpha value is -0.570. The molecule has 0 bridgehead atoms. The van der Waals surface area contributed by atoms with Gasteiger partial charge in [0.2, 0.25) is 5.91 Å². The van der Waals surface area contributed by atoms with Gasteiger partial charge in [-0.1, -0.05) is 39.0 Å². The maximum atomic E-state index is 11.0. The first kappa shape index (κ1) is 12.4. The minimum atomic E-state index is -0.313. The highest BCUT2D eigenvalue weighted by Gasteiger charge is 2.09. The van der Waals surface area contributed by atoms with Crippen molar-refractivity contribution in [2.75, 3.05) is 7.05 Å². The van der Waals surface area contributed by atoms with Crippen LogP contribution in [-0.2, 0) is 4.79 Å². The van der Waals surface area contributed by atoms with E-state index in [4.69, 9.17) is 5.73 Å². The van der Waals surface area contributed by atoms with E-state index in [1.54, 1.807) is 7.05 Å². The Balaban J connectivity index is 3.26. The largest absolute Gasteiger partial charge is 0.358 e. The molecule has 0 saturated heterocycles. The van der Waals surface area contributed by atoms with Crippen molar-refractivity contribution in [1.29, 1.82) is 0 Å². The van der Waals surface area contributed by atoms with Crippen LogP contribution in [0.15, 0.2) is 0 Å². The number of carbonyl (C=O) groups excluding carboxylic acids is 1. The fourth-order valence-corrected chi connectivity index (χ4v) is 1.28. The van der Waals surface area contributed by atoms with Gasteiger partial charge in [0, 0.05) is 7.05 Å². The molecule has 0 radical (unpaired) electrons. The molecule has 3 nitrogen and oxygen atoms in total. The zero-order chi connectivity index (χ0) is 10.1. The fraction of sp³-hybridized carbons (Fsp3) is 0.900. The molecule has 0 aromatic heterocycles. The van der Waals surface area contributed by atoms with Crippen molar-refractivity contribution in [1.82, 2.24) is 5.32 Å². The van der Waals surface area contributed by atoms with Crippen molar-refractivity contribution in [2.45, 2.75) is 51.5 Å². The number of amides is 1. The van der Waals surface area contributed by atoms with Gasteiger partial charge in [0.25, 0.3) is 0 Å². The third-order valence-electron chi connectivity index (χ3n) is 2.20. The highest BCUT2D eigenvalue weighted by molar-refractivity contribution is 5.81. The van der Waals surface area contributed by atoms with Crippen molar-refractivity contribution in [3.63, 3.8) is 0 Å². The fourth-order valence-electron chi connectivity index (χ4n) is 1.28. The Bertz CT molecular complexity index is 137. The molecule has 0 fully saturated rings. The molecule has 0 aromatic carbocycles. The van der Waals surface area contributed by atoms with Crippen molar-refractivity contribution in [3.8, 4) is 0 Å². The summed E-state index contributed by atoms with van der Waals surface area (Å²) >= 11 is 0. The Kier molecular flexibility index (Phi) is 7.69. The van der Waals surface area contributed by atoms with Crippen molar-refractivity contribution < 1.29 is 4.79 Å². The molecule has 3 N–H and O–H groups in total. The van der Waals surface area contributed by atoms with Crippen LogP contribution in [0, 0.1) is 0 Å². The number of hydrogen-bond acceptors (Lipinski definition) is 2. The van der Waals surface area contributed by atoms with Crippen LogP contribution in [0.2, 0.25) is 0 Å². The van der Waals surface area contributed by atoms with Gasteiger partial charge in [-0.15, -0.1) is 0 Å². The average molecular weight is 186 g/mol. The van der Waals surface area contributed by atoms with Gasteiger partial charge >= 0.3 is 0 Å². The van der Waals surface area contributed by atoms with Crippen LogP contribution in [0.1, 0.15) is 45.4 Å². The van der Waals surface area contributed by atoms with Crippen LogP contribution in [0.5, 0.6) is 0 Å². The standard InChI is InChI=1S/C10H22N2O/c1-3-4-5-6-7-8-9(11)10(13)12-2/h9H,3-8,11H2,1-2H3,(H,12,13)/t9-/m0/s1. The molecule has 0 unspecified atom stereocenters. The molecule has 0 heterocycles. The summed E-state index contributed by atoms with van der Waals surface area (Å²) < 4.78 is 0. The SMILES string of the molecule is CCCCCCC[C@H](N)C(=O)NC. The Labute approximate surface area is 81.1 Å². The quantitative estimate of drug-likeness (QED) is 0.591. The highest BCUT2D eigenvalue weighted by atomic mass is 16.2. The summed E-state index contributed by atoms with van der Waals surface area (Å²) in [4.78, 5) is 11.0. The molecule has 1 atom stereocenters. The topological polar surface area (TPSA) is 55.1 Å². The van der Waals surface area contributed by atoms with Crippen molar-refractivity contribution >= 4 is 5.91 Å². The lowest BCUT2D eigenvalue weighted by molar-refractivity contribution is -0.122. The molecule has 0 aliphatic rings. The van der Waals surface area contributed by atoms with E-state index in [2.05, 4.69) is 12.2 Å². The van der Waals surface area contributed by atoms with Gasteiger partial charge in [0.1, 0.15) is 0 Å². The molecule has 0 rings (SSSR count). The summed E-state index contributed by atoms with van der Waals surface area (Å²) in [6.07, 6.45) is 6.87. The van der Waals surface area contributed by atoms with Gasteiger partial charge in [0.15, 0.2) is 0 Å². The summed E-state index contributed by atoms with van der Waals surface area (Å²) in [5, 5.41) is 2.55. The van der Waals surface area contributed by atoms with E-state index in [1.165, 1.54) is 25.7 Å². The predicted octanol–water partition coefficient (Wildman–Crippen LogP) is 1.42. The second-order valence-electron chi connectivity index (χ2n) is 3.42. The summed E-state index contributed by atoms with van der Waals surface area (Å²) in [7, 11) is 1.62. The maximum Gasteiger partial charge on any atom is 0.236 e. The molecule has 1 amide bonds. The van der Waals surface area contributed by atoms with Crippen LogP contribution < -0.4 is 11.1 Å². The highest BCUT2D eigenvalue weighted by Crippen LogP contribution is 2.06. The summed E-state index contributed by atoms with van der Waals surface area (Å²) in [5.74, 6) is -0.0458. The molecule has 0 aliphatic carbocycles. The Morgan fingerprint density at radius 3 is 2.46 bits per heavy atom. The van der Waals surface area contributed by atoms with Crippen molar-refractivity contribution in [3.05, 3.63) is 0 Å². The Morgan fingerprint density at radius 1 is 1.31 bits per heavy atom. The second kappa shape index (κ2) is 8.05. The Morgan fingerprint density at radius 2 is 1.92 bits per heavy atom. The second-order valence-corrected chi connectivity index (χ2v) is 3.42. The predicted molar refractivity (Wildman–Crippen MR) is 55.4 cm³/mol. The number of carbonyl (C=O) groups is 1. The van der Waals surface area contributed by atoms with Gasteiger partial charge in [0.05, 0.1) is 6.04 Å². The van der Waals surface area contributed by atoms with Crippen molar-refractivity contribution in [2.24, 2.45) is 5.73 Å². The first-order valence-corrected chi connectivity index (χ1v) is 5.19. The monoisotopic (exact) mass is 186 g/mol. The molecule has 78 valence electrons. The third kappa shape index (κ3) is 6.58. The lowest BCUT2D eigenvalue weighted by atomic mass is 10.1. The van der Waals surface area contributed by atoms with E-state index in [9.17, 15) is 4.79 Å². The zero-order valence-electron chi connectivity index (χ0n) is 8.81. The zero-order valence-corrected chi connectivity index (χ0v) is 8.81. The molecule has 0 saturated carbocycles. The summed E-state index contributed by atoms with van der Waals surface area (Å²) in [5.41, 5.74) is 5.63. The molecular formula is C10H22N2O. The van der Waals surface area contributed by atoms with E-state index in [-0.39, 0.29) is 11.9 Å². The average Bonchev–Trinajstić information content (AvgIpc) is 2.16. The molecule has 13 heavy (non-hydrogen) atoms. The molecule has 0 aromatic rings. The van der Waals surface area contributed by atoms with Gasteiger partial charge in [-0.05, 0) is 6.42 Å². The first-order chi connectivity index (χ1) is 6.22. The number of rotatable bonds is 7. The van der Waals surface area contributed by atoms with E-state index in [0.717, 1.165) is 12.8 Å². The van der Waals surface area contributed by atoms with E-state index in [1.807, 2.05) is 0 Å². The number of likely N-dealkylation sites (N-methyl/N-ethyl adjacent to an activating group) is 1. The smallest absolute Gasteiger partial charge is 0.236 e. The molecule has 3 heteroatoms. The van der Waals surface area contributed by atoms with Crippen LogP contribution >= 0.6 is 0 Å². The van der Waals surface area contributed by atoms with Crippen LogP contribution in [0.25, 0.3) is 0 Å². The molecule has 0 aliphatic heterocycles. The van der Waals surface area contributed by atoms with Gasteiger partial charge < -0.3 is 11.1 Å². The van der Waals surface area contributed by atoms with E-state index >= 15 is 0 Å². The molecule has 0 spiro atoms. The van der Waals surface area contributed by atoms with Crippen LogP contribution in [-0.4, -0.2) is 19.0 Å². The minimum absolute atomic E-state index is 0.0458. The number of unbranched alkanes of at least 4 members (excludes halogenated alkanes) is 4. The number of nitrogens with one attached hydrogen (secondary N) is 1. The maximum absolute atomic E-state index is 11.0. The summed E-state index contributed by atoms with van der Waals surface area (Å²) in [6.45, 7) is 2.19. The lowest BCUT2D eigenvalue weighted by Crippen LogP contribution is -2.38. The van der Waals surface area contributed by atoms with E-state index < -0.39 is 0 Å². The third-order valence-corrected chi connectivity index (χ3v) is 2.20. The normalized spacial score (nSPS) is 12.5. The number of nitrogens with two attached hydrogens (primary N) is 1. The first-order valence-electron chi connectivity index (χ1n) is 5.19. The van der Waals surface area contributed by atoms with Gasteiger partial charge in [-0.25, -0.2) is 0 Å². The van der Waals surface area contributed by atoms with E-state index in [0.29, 0.717) is 0 Å². The van der Waals surface area contributed by atoms with Gasteiger partial charge in [-0.2, -0.15) is 0 Å². The molecular weight excluding hydrogens is 164 g/mol. The van der Waals surface area contributed by atoms with Crippen LogP contribution in [0.3, 0.4) is 0 Å². The van der Waals surface area contributed by atoms with Crippen LogP contribution in [0.4, 0.5) is 0 Å². The lowest BCUT2D eigenvalue weighted by Gasteiger charge is -2.08. The minimum Gasteiger partial charge on any atom is -0.358 e. The van der Waals surface area contributed by atoms with Gasteiger partial charge in [-0.3, -0.25) is 4.79 Å². The number of hydrogen-bond donors (Lipinski definition) is 2. The summed E-state index contributed by atoms with van der Waals surface area (Å²) in [6, 6.07) is -0.313.